The van der Waals surface area contributed by atoms with Gasteiger partial charge in [-0.25, -0.2) is 9.78 Å². The molecule has 1 heterocycles. The topological polar surface area (TPSA) is 92.4 Å². The van der Waals surface area contributed by atoms with Gasteiger partial charge in [-0.15, -0.1) is 0 Å². The van der Waals surface area contributed by atoms with E-state index in [2.05, 4.69) is 27.9 Å². The van der Waals surface area contributed by atoms with Crippen molar-refractivity contribution in [1.82, 2.24) is 15.6 Å². The van der Waals surface area contributed by atoms with Crippen molar-refractivity contribution in [3.05, 3.63) is 35.0 Å². The molecule has 1 aromatic heterocycles. The van der Waals surface area contributed by atoms with Crippen LogP contribution in [0.1, 0.15) is 76.5 Å². The number of fused-ring (bicyclic) bond motifs is 1. The number of carbonyl (C=O) groups is 2. The summed E-state index contributed by atoms with van der Waals surface area (Å²) in [6.45, 7) is 14.1. The van der Waals surface area contributed by atoms with E-state index in [1.165, 1.54) is 0 Å². The first-order chi connectivity index (χ1) is 17.9. The van der Waals surface area contributed by atoms with E-state index in [9.17, 15) is 22.8 Å². The van der Waals surface area contributed by atoms with Crippen LogP contribution in [0, 0.1) is 6.92 Å². The van der Waals surface area contributed by atoms with Crippen LogP contribution < -0.4 is 16.0 Å². The Hall–Kier alpha value is -2.69. The largest absolute Gasteiger partial charge is 0.444 e. The van der Waals surface area contributed by atoms with Gasteiger partial charge < -0.3 is 20.7 Å². The average Bonchev–Trinajstić information content (AvgIpc) is 2.78. The normalized spacial score (nSPS) is 13.2. The Balaban J connectivity index is 2.31. The fourth-order valence-corrected chi connectivity index (χ4v) is 4.73. The summed E-state index contributed by atoms with van der Waals surface area (Å²) in [6, 6.07) is 4.56. The number of alkyl halides is 3. The molecule has 1 atom stereocenters. The molecule has 0 saturated carbocycles. The van der Waals surface area contributed by atoms with Crippen LogP contribution in [0.25, 0.3) is 10.9 Å². The zero-order valence-corrected chi connectivity index (χ0v) is 24.9. The Kier molecular flexibility index (Phi) is 10.9. The Morgan fingerprint density at radius 3 is 2.31 bits per heavy atom. The number of halogens is 3. The number of anilines is 1. The van der Waals surface area contributed by atoms with Crippen molar-refractivity contribution in [1.29, 1.82) is 0 Å². The molecule has 11 heteroatoms. The maximum atomic E-state index is 13.2. The minimum absolute atomic E-state index is 0.181. The predicted octanol–water partition coefficient (Wildman–Crippen LogP) is 6.58. The highest BCUT2D eigenvalue weighted by molar-refractivity contribution is 7.99. The molecule has 0 unspecified atom stereocenters. The van der Waals surface area contributed by atoms with Crippen LogP contribution in [0.4, 0.5) is 23.7 Å². The number of aromatic nitrogens is 1. The SMILES string of the molecule is CCCSC[C@@H](CNC(=O)c1cc(C)c2cc(NCC(F)(F)F)cc(C(C)(C)C)c2n1)NC(=O)OC(C)(C)C. The second-order valence-corrected chi connectivity index (χ2v) is 12.7. The van der Waals surface area contributed by atoms with Crippen molar-refractivity contribution in [2.75, 3.05) is 29.9 Å². The Labute approximate surface area is 233 Å². The van der Waals surface area contributed by atoms with Gasteiger partial charge in [-0.2, -0.15) is 24.9 Å². The standard InChI is InChI=1S/C28H41F3N4O3S/c1-9-10-39-15-19(34-25(37)38-27(6,7)8)14-32-24(36)22-11-17(2)20-12-18(33-16-28(29,30)31)13-21(23(20)35-22)26(3,4)5/h11-13,19,33H,9-10,14-16H2,1-8H3,(H,32,36)(H,34,37)/t19-/m1/s1. The Bertz CT molecular complexity index is 1160. The van der Waals surface area contributed by atoms with Gasteiger partial charge in [-0.05, 0) is 74.6 Å². The smallest absolute Gasteiger partial charge is 0.407 e. The van der Waals surface area contributed by atoms with Crippen LogP contribution in [0.2, 0.25) is 0 Å². The summed E-state index contributed by atoms with van der Waals surface area (Å²) in [5.41, 5.74) is 1.45. The summed E-state index contributed by atoms with van der Waals surface area (Å²) >= 11 is 1.67. The minimum atomic E-state index is -4.35. The summed E-state index contributed by atoms with van der Waals surface area (Å²) in [5.74, 6) is 1.11. The van der Waals surface area contributed by atoms with E-state index in [1.807, 2.05) is 20.8 Å². The van der Waals surface area contributed by atoms with Crippen LogP contribution in [0.5, 0.6) is 0 Å². The van der Waals surface area contributed by atoms with Gasteiger partial charge in [0.15, 0.2) is 0 Å². The van der Waals surface area contributed by atoms with E-state index in [0.29, 0.717) is 27.9 Å². The molecule has 1 aromatic carbocycles. The van der Waals surface area contributed by atoms with Crippen LogP contribution >= 0.6 is 11.8 Å². The van der Waals surface area contributed by atoms with E-state index < -0.39 is 35.7 Å². The maximum absolute atomic E-state index is 13.2. The molecule has 0 aliphatic carbocycles. The van der Waals surface area contributed by atoms with E-state index in [-0.39, 0.29) is 18.3 Å². The molecule has 0 saturated heterocycles. The molecule has 39 heavy (non-hydrogen) atoms. The Morgan fingerprint density at radius 2 is 1.74 bits per heavy atom. The second kappa shape index (κ2) is 13.1. The van der Waals surface area contributed by atoms with E-state index >= 15 is 0 Å². The molecule has 7 nitrogen and oxygen atoms in total. The van der Waals surface area contributed by atoms with Gasteiger partial charge in [-0.1, -0.05) is 27.7 Å². The van der Waals surface area contributed by atoms with Gasteiger partial charge in [0.05, 0.1) is 11.6 Å². The predicted molar refractivity (Wildman–Crippen MR) is 153 cm³/mol. The van der Waals surface area contributed by atoms with Crippen molar-refractivity contribution in [3.8, 4) is 0 Å². The molecule has 0 aliphatic heterocycles. The highest BCUT2D eigenvalue weighted by atomic mass is 32.2. The summed E-state index contributed by atoms with van der Waals surface area (Å²) in [4.78, 5) is 30.1. The number of amides is 2. The number of thioether (sulfide) groups is 1. The Morgan fingerprint density at radius 1 is 1.08 bits per heavy atom. The van der Waals surface area contributed by atoms with Crippen LogP contribution in [0.15, 0.2) is 18.2 Å². The molecule has 0 radical (unpaired) electrons. The highest BCUT2D eigenvalue weighted by Crippen LogP contribution is 2.34. The highest BCUT2D eigenvalue weighted by Gasteiger charge is 2.28. The quantitative estimate of drug-likeness (QED) is 0.280. The molecule has 2 aromatic rings. The molecule has 3 N–H and O–H groups in total. The van der Waals surface area contributed by atoms with Gasteiger partial charge in [0, 0.05) is 23.4 Å². The number of benzene rings is 1. The lowest BCUT2D eigenvalue weighted by molar-refractivity contribution is -0.115. The van der Waals surface area contributed by atoms with E-state index in [4.69, 9.17) is 4.74 Å². The van der Waals surface area contributed by atoms with E-state index in [0.717, 1.165) is 17.7 Å². The number of nitrogens with zero attached hydrogens (tertiary/aromatic N) is 1. The fraction of sp³-hybridized carbons (Fsp3) is 0.607. The third kappa shape index (κ3) is 10.8. The first kappa shape index (κ1) is 32.5. The third-order valence-electron chi connectivity index (χ3n) is 5.55. The zero-order valence-electron chi connectivity index (χ0n) is 24.1. The van der Waals surface area contributed by atoms with E-state index in [1.54, 1.807) is 57.7 Å². The number of pyridine rings is 1. The van der Waals surface area contributed by atoms with Crippen LogP contribution in [-0.2, 0) is 10.2 Å². The molecule has 218 valence electrons. The molecular weight excluding hydrogens is 529 g/mol. The van der Waals surface area contributed by atoms with Gasteiger partial charge in [0.25, 0.3) is 5.91 Å². The van der Waals surface area contributed by atoms with Crippen molar-refractivity contribution < 1.29 is 27.5 Å². The van der Waals surface area contributed by atoms with Gasteiger partial charge in [0.1, 0.15) is 17.8 Å². The second-order valence-electron chi connectivity index (χ2n) is 11.6. The van der Waals surface area contributed by atoms with Gasteiger partial charge in [-0.3, -0.25) is 4.79 Å². The van der Waals surface area contributed by atoms with Crippen LogP contribution in [-0.4, -0.2) is 59.4 Å². The van der Waals surface area contributed by atoms with Crippen LogP contribution in [0.3, 0.4) is 0 Å². The molecule has 2 amide bonds. The molecule has 0 spiro atoms. The number of rotatable bonds is 10. The fourth-order valence-electron chi connectivity index (χ4n) is 3.79. The van der Waals surface area contributed by atoms with Gasteiger partial charge in [0.2, 0.25) is 0 Å². The lowest BCUT2D eigenvalue weighted by Gasteiger charge is -2.24. The van der Waals surface area contributed by atoms with Gasteiger partial charge >= 0.3 is 12.3 Å². The number of aryl methyl sites for hydroxylation is 1. The lowest BCUT2D eigenvalue weighted by atomic mass is 9.84. The molecule has 0 aliphatic rings. The maximum Gasteiger partial charge on any atom is 0.407 e. The average molecular weight is 571 g/mol. The zero-order chi connectivity index (χ0) is 29.6. The number of alkyl carbamates (subject to hydrolysis) is 1. The van der Waals surface area contributed by atoms with Crippen molar-refractivity contribution in [3.63, 3.8) is 0 Å². The molecule has 2 rings (SSSR count). The summed E-state index contributed by atoms with van der Waals surface area (Å²) < 4.78 is 43.8. The number of hydrogen-bond acceptors (Lipinski definition) is 6. The number of hydrogen-bond donors (Lipinski definition) is 3. The third-order valence-corrected chi connectivity index (χ3v) is 6.89. The molecular formula is C28H41F3N4O3S. The first-order valence-electron chi connectivity index (χ1n) is 13.0. The minimum Gasteiger partial charge on any atom is -0.444 e. The molecule has 0 bridgehead atoms. The summed E-state index contributed by atoms with van der Waals surface area (Å²) in [6.07, 6.45) is -3.92. The summed E-state index contributed by atoms with van der Waals surface area (Å²) in [7, 11) is 0. The lowest BCUT2D eigenvalue weighted by Crippen LogP contribution is -2.47. The summed E-state index contributed by atoms with van der Waals surface area (Å²) in [5, 5.41) is 8.83. The van der Waals surface area contributed by atoms with Crippen molar-refractivity contribution >= 4 is 40.4 Å². The van der Waals surface area contributed by atoms with Crippen molar-refractivity contribution in [2.24, 2.45) is 0 Å². The van der Waals surface area contributed by atoms with Crippen molar-refractivity contribution in [2.45, 2.75) is 85.0 Å². The number of nitrogens with one attached hydrogen (secondary N) is 3. The number of ether oxygens (including phenoxy) is 1. The number of carbonyl (C=O) groups excluding carboxylic acids is 2. The monoisotopic (exact) mass is 570 g/mol. The molecule has 0 fully saturated rings. The first-order valence-corrected chi connectivity index (χ1v) is 14.2.